The highest BCUT2D eigenvalue weighted by atomic mass is 16.3. The topological polar surface area (TPSA) is 37.3 Å². The smallest absolute Gasteiger partial charge is 0.145 e. The average molecular weight is 441 g/mol. The molecule has 3 fully saturated rings. The number of carbonyl (C=O) groups excluding carboxylic acids is 1. The van der Waals surface area contributed by atoms with Gasteiger partial charge in [-0.05, 0) is 116 Å². The lowest BCUT2D eigenvalue weighted by Gasteiger charge is -2.64. The lowest BCUT2D eigenvalue weighted by molar-refractivity contribution is -0.131. The van der Waals surface area contributed by atoms with Crippen LogP contribution >= 0.6 is 0 Å². The Kier molecular flexibility index (Phi) is 6.14. The normalized spacial score (nSPS) is 46.5. The average Bonchev–Trinajstić information content (AvgIpc) is 3.02. The number of aldehydes is 1. The quantitative estimate of drug-likeness (QED) is 0.273. The molecule has 180 valence electrons. The van der Waals surface area contributed by atoms with E-state index in [-0.39, 0.29) is 11.5 Å². The van der Waals surface area contributed by atoms with Gasteiger partial charge in [0.15, 0.2) is 0 Å². The number of aliphatic hydroxyl groups is 1. The second-order valence-corrected chi connectivity index (χ2v) is 13.4. The van der Waals surface area contributed by atoms with E-state index in [1.54, 1.807) is 5.57 Å². The van der Waals surface area contributed by atoms with Gasteiger partial charge in [0, 0.05) is 0 Å². The molecule has 3 saturated carbocycles. The van der Waals surface area contributed by atoms with Crippen molar-refractivity contribution < 1.29 is 9.90 Å². The summed E-state index contributed by atoms with van der Waals surface area (Å²) in [7, 11) is 0. The summed E-state index contributed by atoms with van der Waals surface area (Å²) in [5.41, 5.74) is 3.71. The summed E-state index contributed by atoms with van der Waals surface area (Å²) in [5.74, 6) is 2.75. The molecule has 4 aliphatic carbocycles. The van der Waals surface area contributed by atoms with E-state index < -0.39 is 0 Å². The summed E-state index contributed by atoms with van der Waals surface area (Å²) in [6.07, 6.45) is 16.5. The van der Waals surface area contributed by atoms with E-state index in [1.165, 1.54) is 38.5 Å². The van der Waals surface area contributed by atoms with Gasteiger partial charge in [-0.15, -0.1) is 0 Å². The molecule has 0 heterocycles. The molecule has 0 amide bonds. The highest BCUT2D eigenvalue weighted by molar-refractivity contribution is 5.71. The molecule has 8 atom stereocenters. The van der Waals surface area contributed by atoms with Crippen LogP contribution < -0.4 is 0 Å². The molecule has 32 heavy (non-hydrogen) atoms. The molecule has 0 saturated heterocycles. The molecular weight excluding hydrogens is 392 g/mol. The number of carbonyl (C=O) groups is 1. The maximum Gasteiger partial charge on any atom is 0.145 e. The van der Waals surface area contributed by atoms with Crippen LogP contribution in [0.1, 0.15) is 106 Å². The van der Waals surface area contributed by atoms with Crippen LogP contribution in [0.3, 0.4) is 0 Å². The van der Waals surface area contributed by atoms with E-state index in [1.807, 2.05) is 6.92 Å². The predicted octanol–water partition coefficient (Wildman–Crippen LogP) is 7.51. The zero-order valence-corrected chi connectivity index (χ0v) is 21.8. The molecule has 2 heteroatoms. The third-order valence-electron chi connectivity index (χ3n) is 11.8. The van der Waals surface area contributed by atoms with E-state index in [0.717, 1.165) is 37.0 Å². The molecule has 0 aromatic heterocycles. The minimum absolute atomic E-state index is 0.0105. The van der Waals surface area contributed by atoms with Gasteiger partial charge in [-0.25, -0.2) is 0 Å². The zero-order valence-electron chi connectivity index (χ0n) is 21.8. The van der Waals surface area contributed by atoms with Crippen LogP contribution in [0.2, 0.25) is 0 Å². The van der Waals surface area contributed by atoms with Gasteiger partial charge in [0.1, 0.15) is 6.29 Å². The van der Waals surface area contributed by atoms with E-state index in [0.29, 0.717) is 34.0 Å². The van der Waals surface area contributed by atoms with Crippen LogP contribution in [0, 0.1) is 45.3 Å². The van der Waals surface area contributed by atoms with Gasteiger partial charge in [0.25, 0.3) is 0 Å². The second-order valence-electron chi connectivity index (χ2n) is 13.4. The number of rotatable bonds is 5. The van der Waals surface area contributed by atoms with Crippen LogP contribution in [0.25, 0.3) is 0 Å². The van der Waals surface area contributed by atoms with Gasteiger partial charge >= 0.3 is 0 Å². The Hall–Kier alpha value is -0.890. The molecule has 0 bridgehead atoms. The van der Waals surface area contributed by atoms with Crippen LogP contribution in [0.4, 0.5) is 0 Å². The van der Waals surface area contributed by atoms with Crippen molar-refractivity contribution in [3.8, 4) is 0 Å². The van der Waals surface area contributed by atoms with E-state index in [4.69, 9.17) is 0 Å². The number of hydrogen-bond acceptors (Lipinski definition) is 2. The zero-order chi connectivity index (χ0) is 23.5. The number of hydrogen-bond donors (Lipinski definition) is 1. The van der Waals surface area contributed by atoms with Crippen molar-refractivity contribution in [2.45, 2.75) is 112 Å². The number of aliphatic hydroxyl groups excluding tert-OH is 1. The van der Waals surface area contributed by atoms with Gasteiger partial charge in [0.05, 0.1) is 6.10 Å². The lowest BCUT2D eigenvalue weighted by Crippen LogP contribution is -2.58. The molecule has 0 aliphatic heterocycles. The summed E-state index contributed by atoms with van der Waals surface area (Å²) >= 11 is 0. The first kappa shape index (κ1) is 24.2. The maximum absolute atomic E-state index is 10.9. The Labute approximate surface area is 197 Å². The first-order valence-corrected chi connectivity index (χ1v) is 13.4. The van der Waals surface area contributed by atoms with Gasteiger partial charge in [-0.2, -0.15) is 0 Å². The molecule has 2 nitrogen and oxygen atoms in total. The van der Waals surface area contributed by atoms with E-state index >= 15 is 0 Å². The van der Waals surface area contributed by atoms with Crippen molar-refractivity contribution >= 4 is 6.29 Å². The van der Waals surface area contributed by atoms with E-state index in [9.17, 15) is 9.90 Å². The van der Waals surface area contributed by atoms with E-state index in [2.05, 4.69) is 53.7 Å². The predicted molar refractivity (Wildman–Crippen MR) is 133 cm³/mol. The third-order valence-corrected chi connectivity index (χ3v) is 11.8. The van der Waals surface area contributed by atoms with Gasteiger partial charge < -0.3 is 5.11 Å². The Morgan fingerprint density at radius 2 is 1.84 bits per heavy atom. The van der Waals surface area contributed by atoms with Gasteiger partial charge in [-0.1, -0.05) is 59.3 Å². The first-order valence-electron chi connectivity index (χ1n) is 13.4. The molecule has 0 unspecified atom stereocenters. The Morgan fingerprint density at radius 3 is 2.53 bits per heavy atom. The number of fused-ring (bicyclic) bond motifs is 5. The summed E-state index contributed by atoms with van der Waals surface area (Å²) in [4.78, 5) is 10.9. The molecular formula is C30H48O2. The van der Waals surface area contributed by atoms with Crippen molar-refractivity contribution in [1.82, 2.24) is 0 Å². The van der Waals surface area contributed by atoms with Crippen molar-refractivity contribution in [3.05, 3.63) is 23.3 Å². The highest BCUT2D eigenvalue weighted by Crippen LogP contribution is 2.73. The number of allylic oxidation sites excluding steroid dienone is 4. The summed E-state index contributed by atoms with van der Waals surface area (Å²) < 4.78 is 0. The molecule has 4 rings (SSSR count). The minimum atomic E-state index is -0.159. The Bertz CT molecular complexity index is 806. The molecule has 0 aromatic carbocycles. The SMILES string of the molecule is C/C(C=O)=C\CC[C@@H](C)[C@H]1CC[C@@]2(C)C3=CC[C@H]4C(C)(C)[C@@H](O)CC[C@]4(C)[C@H]3CC[C@]12C. The van der Waals surface area contributed by atoms with Crippen molar-refractivity contribution in [1.29, 1.82) is 0 Å². The van der Waals surface area contributed by atoms with Gasteiger partial charge in [-0.3, -0.25) is 4.79 Å². The fourth-order valence-corrected chi connectivity index (χ4v) is 9.48. The largest absolute Gasteiger partial charge is 0.393 e. The van der Waals surface area contributed by atoms with Crippen molar-refractivity contribution in [2.75, 3.05) is 0 Å². The molecule has 4 aliphatic rings. The fourth-order valence-electron chi connectivity index (χ4n) is 9.48. The van der Waals surface area contributed by atoms with Crippen LogP contribution in [0.5, 0.6) is 0 Å². The Balaban J connectivity index is 1.60. The third kappa shape index (κ3) is 3.33. The van der Waals surface area contributed by atoms with Gasteiger partial charge in [0.2, 0.25) is 0 Å². The van der Waals surface area contributed by atoms with Crippen molar-refractivity contribution in [2.24, 2.45) is 45.3 Å². The molecule has 0 radical (unpaired) electrons. The molecule has 0 spiro atoms. The second kappa shape index (κ2) is 8.10. The molecule has 1 N–H and O–H groups in total. The first-order chi connectivity index (χ1) is 14.9. The highest BCUT2D eigenvalue weighted by Gasteiger charge is 2.65. The Morgan fingerprint density at radius 1 is 1.12 bits per heavy atom. The minimum Gasteiger partial charge on any atom is -0.393 e. The maximum atomic E-state index is 10.9. The standard InChI is InChI=1S/C30H48O2/c1-20(19-31)9-8-10-21(2)22-13-17-30(7)24-11-12-25-27(3,4)26(32)15-16-28(25,5)23(24)14-18-29(22,30)6/h9,11,19,21-23,25-26,32H,8,10,12-18H2,1-7H3/b20-9+/t21-,22-,23+,25+,26+,28-,29-,30+/m1/s1. The van der Waals surface area contributed by atoms with Crippen LogP contribution in [-0.4, -0.2) is 17.5 Å². The van der Waals surface area contributed by atoms with Crippen molar-refractivity contribution in [3.63, 3.8) is 0 Å². The monoisotopic (exact) mass is 440 g/mol. The summed E-state index contributed by atoms with van der Waals surface area (Å²) in [6, 6.07) is 0. The lowest BCUT2D eigenvalue weighted by atomic mass is 9.41. The van der Waals surface area contributed by atoms with Crippen LogP contribution in [-0.2, 0) is 4.79 Å². The summed E-state index contributed by atoms with van der Waals surface area (Å²) in [5, 5.41) is 10.8. The fraction of sp³-hybridized carbons (Fsp3) is 0.833. The summed E-state index contributed by atoms with van der Waals surface area (Å²) in [6.45, 7) is 16.8. The van der Waals surface area contributed by atoms with Crippen LogP contribution in [0.15, 0.2) is 23.3 Å². The molecule has 0 aromatic rings.